The number of thiazole rings is 1. The van der Waals surface area contributed by atoms with Crippen LogP contribution in [0.4, 0.5) is 0 Å². The molecular formula is C98H101Cl2N27O19S. The number of aromatic amines is 1. The first kappa shape index (κ1) is 103. The molecular weight excluding hydrogens is 1960 g/mol. The van der Waals surface area contributed by atoms with Gasteiger partial charge in [-0.05, 0) is 123 Å². The van der Waals surface area contributed by atoms with Gasteiger partial charge >= 0.3 is 0 Å². The van der Waals surface area contributed by atoms with E-state index in [0.29, 0.717) is 189 Å². The second-order valence-corrected chi connectivity index (χ2v) is 36.5. The number of imidazole rings is 1. The first-order valence-corrected chi connectivity index (χ1v) is 47.7. The number of H-pyrrole nitrogens is 1. The van der Waals surface area contributed by atoms with E-state index in [1.54, 1.807) is 164 Å². The van der Waals surface area contributed by atoms with Gasteiger partial charge in [-0.1, -0.05) is 95.5 Å². The van der Waals surface area contributed by atoms with Gasteiger partial charge in [-0.2, -0.15) is 15.3 Å². The molecule has 0 fully saturated rings. The summed E-state index contributed by atoms with van der Waals surface area (Å²) in [6.07, 6.45) is 10.3. The molecule has 147 heavy (non-hydrogen) atoms. The number of carbonyl (C=O) groups is 12. The van der Waals surface area contributed by atoms with Gasteiger partial charge in [0.1, 0.15) is 49.4 Å². The van der Waals surface area contributed by atoms with Crippen LogP contribution in [0.3, 0.4) is 0 Å². The molecule has 0 saturated heterocycles. The lowest BCUT2D eigenvalue weighted by molar-refractivity contribution is -0.132. The van der Waals surface area contributed by atoms with Crippen molar-refractivity contribution in [1.29, 1.82) is 0 Å². The highest BCUT2D eigenvalue weighted by Gasteiger charge is 2.35. The lowest BCUT2D eigenvalue weighted by Gasteiger charge is -2.28. The fraction of sp³-hybridized carbons (Fsp3) is 0.265. The molecule has 13 N–H and O–H groups in total. The van der Waals surface area contributed by atoms with Crippen LogP contribution in [0.5, 0.6) is 5.75 Å². The van der Waals surface area contributed by atoms with E-state index in [0.717, 1.165) is 79.8 Å². The predicted octanol–water partition coefficient (Wildman–Crippen LogP) is 8.63. The Morgan fingerprint density at radius 1 is 0.469 bits per heavy atom. The molecule has 0 radical (unpaired) electrons. The number of pyridine rings is 1. The fourth-order valence-electron chi connectivity index (χ4n) is 17.7. The van der Waals surface area contributed by atoms with Crippen molar-refractivity contribution in [3.8, 4) is 16.5 Å². The number of hydrogen-bond acceptors (Lipinski definition) is 26. The Hall–Kier alpha value is -16.8. The maximum atomic E-state index is 13.1. The molecule has 0 unspecified atom stereocenters. The summed E-state index contributed by atoms with van der Waals surface area (Å²) >= 11 is 13.3. The highest BCUT2D eigenvalue weighted by Crippen LogP contribution is 2.33. The SMILES string of the molecule is COc1ccc(C(=O)N2CCn3cc(C(=O)NO)cc3C2)cc1.Cc1cccc(CN2CCn3nc(C(=O)NO)cc3C2=O)c1.Cc1nc(-c2ccccn2)sc1C(=O)N1CCn2cc(C(=O)NO)nc2C1.Cn1c(C(=O)N2CCCn3cc(C(=O)NO)cc3C2)cc(Cl)c1Cl.Cn1c(C(=O)N2CCCn3nc(C(=O)NO)cc3C2)cc2ccccc21.O=C(NO)c1cc2n(n1)CCN(C(=O)Cc1c[nH]c3ccccc13)C2. The van der Waals surface area contributed by atoms with Crippen molar-refractivity contribution < 1.29 is 93.5 Å². The van der Waals surface area contributed by atoms with Crippen LogP contribution in [0.25, 0.3) is 32.5 Å². The Morgan fingerprint density at radius 3 is 1.64 bits per heavy atom. The van der Waals surface area contributed by atoms with Crippen molar-refractivity contribution in [3.05, 3.63) is 311 Å². The summed E-state index contributed by atoms with van der Waals surface area (Å²) in [7, 11) is 5.16. The number of ether oxygens (including phenoxy) is 1. The number of methoxy groups -OCH3 is 1. The highest BCUT2D eigenvalue weighted by atomic mass is 35.5. The number of amides is 12. The summed E-state index contributed by atoms with van der Waals surface area (Å²) in [4.78, 5) is 173. The van der Waals surface area contributed by atoms with Gasteiger partial charge in [0.05, 0.1) is 98.3 Å². The maximum Gasteiger partial charge on any atom is 0.295 e. The number of aromatic nitrogens is 15. The monoisotopic (exact) mass is 2060 g/mol. The quantitative estimate of drug-likeness (QED) is 0.0318. The van der Waals surface area contributed by atoms with Crippen molar-refractivity contribution in [2.75, 3.05) is 46.4 Å². The summed E-state index contributed by atoms with van der Waals surface area (Å²) < 4.78 is 19.1. The van der Waals surface area contributed by atoms with Crippen LogP contribution in [0.15, 0.2) is 189 Å². The van der Waals surface area contributed by atoms with Gasteiger partial charge in [0.15, 0.2) is 17.1 Å². The van der Waals surface area contributed by atoms with E-state index in [9.17, 15) is 57.5 Å². The largest absolute Gasteiger partial charge is 0.497 e. The summed E-state index contributed by atoms with van der Waals surface area (Å²) in [5.41, 5.74) is 22.5. The van der Waals surface area contributed by atoms with Crippen molar-refractivity contribution in [3.63, 3.8) is 0 Å². The van der Waals surface area contributed by atoms with Gasteiger partial charge < -0.3 is 62.0 Å². The van der Waals surface area contributed by atoms with Crippen molar-refractivity contribution in [2.24, 2.45) is 14.1 Å². The minimum absolute atomic E-state index is 0.0308. The van der Waals surface area contributed by atoms with Crippen LogP contribution < -0.4 is 37.6 Å². The molecule has 21 rings (SSSR count). The maximum absolute atomic E-state index is 13.1. The molecule has 6 aliphatic heterocycles. The number of aryl methyl sites for hydroxylation is 5. The molecule has 4 aromatic carbocycles. The van der Waals surface area contributed by atoms with Crippen LogP contribution in [0, 0.1) is 13.8 Å². The Kier molecular flexibility index (Phi) is 32.2. The minimum atomic E-state index is -0.722. The number of benzene rings is 4. The van der Waals surface area contributed by atoms with Crippen LogP contribution >= 0.6 is 34.5 Å². The molecule has 12 amide bonds. The van der Waals surface area contributed by atoms with Gasteiger partial charge in [0, 0.05) is 162 Å². The number of nitrogens with one attached hydrogen (secondary N) is 7. The molecule has 762 valence electrons. The molecule has 49 heteroatoms. The second-order valence-electron chi connectivity index (χ2n) is 34.8. The molecule has 0 aliphatic carbocycles. The van der Waals surface area contributed by atoms with Crippen LogP contribution in [0.2, 0.25) is 10.2 Å². The zero-order valence-corrected chi connectivity index (χ0v) is 82.2. The molecule has 0 saturated carbocycles. The topological polar surface area (TPSA) is 560 Å². The molecule has 11 aromatic heterocycles. The summed E-state index contributed by atoms with van der Waals surface area (Å²) in [5.74, 6) is -3.07. The zero-order valence-electron chi connectivity index (χ0n) is 79.8. The lowest BCUT2D eigenvalue weighted by atomic mass is 10.1. The molecule has 0 atom stereocenters. The number of para-hydroxylation sites is 2. The second kappa shape index (κ2) is 45.9. The van der Waals surface area contributed by atoms with Gasteiger partial charge in [-0.3, -0.25) is 108 Å². The average Bonchev–Trinajstić information content (AvgIpc) is 1.61. The van der Waals surface area contributed by atoms with E-state index in [4.69, 9.17) is 59.2 Å². The van der Waals surface area contributed by atoms with E-state index in [2.05, 4.69) is 35.2 Å². The predicted molar refractivity (Wildman–Crippen MR) is 526 cm³/mol. The van der Waals surface area contributed by atoms with Gasteiger partial charge in [0.25, 0.3) is 65.0 Å². The molecule has 15 aromatic rings. The van der Waals surface area contributed by atoms with Crippen molar-refractivity contribution in [2.45, 2.75) is 112 Å². The molecule has 0 bridgehead atoms. The Labute approximate surface area is 850 Å². The molecule has 6 aliphatic rings. The third-order valence-corrected chi connectivity index (χ3v) is 27.4. The third-order valence-electron chi connectivity index (χ3n) is 25.4. The number of hydrogen-bond donors (Lipinski definition) is 13. The molecule has 0 spiro atoms. The minimum Gasteiger partial charge on any atom is -0.497 e. The van der Waals surface area contributed by atoms with E-state index < -0.39 is 35.4 Å². The van der Waals surface area contributed by atoms with Crippen LogP contribution in [-0.2, 0) is 104 Å². The Balaban J connectivity index is 0.000000126. The Morgan fingerprint density at radius 2 is 1.02 bits per heavy atom. The normalized spacial score (nSPS) is 13.8. The van der Waals surface area contributed by atoms with Crippen molar-refractivity contribution in [1.82, 2.24) is 134 Å². The van der Waals surface area contributed by atoms with Crippen LogP contribution in [0.1, 0.15) is 178 Å². The number of halogens is 2. The average molecular weight is 2060 g/mol. The lowest BCUT2D eigenvalue weighted by Crippen LogP contribution is -2.39. The van der Waals surface area contributed by atoms with Gasteiger partial charge in [-0.25, -0.2) is 42.8 Å². The van der Waals surface area contributed by atoms with E-state index in [1.807, 2.05) is 142 Å². The summed E-state index contributed by atoms with van der Waals surface area (Å²) in [5, 5.41) is 68.1. The van der Waals surface area contributed by atoms with E-state index in [-0.39, 0.29) is 64.8 Å². The highest BCUT2D eigenvalue weighted by molar-refractivity contribution is 7.17. The summed E-state index contributed by atoms with van der Waals surface area (Å²) in [6.45, 7) is 13.0. The van der Waals surface area contributed by atoms with Crippen LogP contribution in [-0.4, -0.2) is 250 Å². The van der Waals surface area contributed by atoms with Gasteiger partial charge in [0.2, 0.25) is 5.91 Å². The Bertz CT molecular complexity index is 7510. The zero-order chi connectivity index (χ0) is 104. The van der Waals surface area contributed by atoms with E-state index >= 15 is 0 Å². The summed E-state index contributed by atoms with van der Waals surface area (Å²) in [6, 6.07) is 47.7. The van der Waals surface area contributed by atoms with E-state index in [1.165, 1.54) is 27.6 Å². The standard InChI is InChI=1S/C18H19N5O3.C17H16N6O3S.C17H17N5O3.C16H17N3O4.C15H16Cl2N4O3.C15H16N4O3/c1-21-15-6-3-2-5-12(15)9-16(21)18(25)22-7-4-8-23-13(11-22)10-14(19-23)17(24)20-26;1-10-14(27-16(19-10)11-4-2-3-5-18-11)17(25)23-7-6-22-8-12(15(24)21-26)20-13(22)9-23;23-16(7-11-9-18-14-4-2-1-3-13(11)14)21-5-6-22-12(10-21)8-15(19-22)17(24)20-25;1-23-14-4-2-11(3-5-14)16(21)19-7-6-18-9-12(15(20)17-22)8-13(18)10-19;1-19-12(6-11(16)13(19)17)15(23)21-4-2-3-20-7-9(14(22)18-24)5-10(20)8-21;1-10-3-2-4-11(7-10)9-18-5-6-19-13(15(18)21)8-12(16-19)14(20)17-22/h2-3,5-6,9-10,26H,4,7-8,11H2,1H3,(H,20,24);2-5,8,26H,6-7,9H2,1H3,(H,21,24);1-4,8-9,18,25H,5-7,10H2,(H,20,24);2-5,8-9,22H,6-7,10H2,1H3,(H,17,20);5-7,24H,2-4,8H2,1H3,(H,18,22);2-4,7-8,22H,5-6,9H2,1H3,(H,17,20). The molecule has 46 nitrogen and oxygen atoms in total. The number of carbonyl (C=O) groups excluding carboxylic acids is 12. The molecule has 17 heterocycles. The number of fused-ring (bicyclic) bond motifs is 8. The number of rotatable bonds is 16. The van der Waals surface area contributed by atoms with Crippen molar-refractivity contribution >= 4 is 127 Å². The smallest absolute Gasteiger partial charge is 0.295 e. The first-order chi connectivity index (χ1) is 70.9. The van der Waals surface area contributed by atoms with Gasteiger partial charge in [-0.15, -0.1) is 11.3 Å². The number of hydroxylamine groups is 6. The number of nitrogens with zero attached hydrogens (tertiary/aromatic N) is 20. The first-order valence-electron chi connectivity index (χ1n) is 46.2. The third kappa shape index (κ3) is 23.2. The fourth-order valence-corrected chi connectivity index (χ4v) is 19.1.